The third kappa shape index (κ3) is 2.33. The van der Waals surface area contributed by atoms with Crippen molar-refractivity contribution in [3.05, 3.63) is 0 Å². The van der Waals surface area contributed by atoms with Crippen molar-refractivity contribution >= 4 is 5.97 Å². The summed E-state index contributed by atoms with van der Waals surface area (Å²) in [5.41, 5.74) is -0.974. The molecule has 1 heterocycles. The van der Waals surface area contributed by atoms with Crippen LogP contribution in [-0.4, -0.2) is 46.3 Å². The minimum atomic E-state index is -0.713. The summed E-state index contributed by atoms with van der Waals surface area (Å²) in [5, 5.41) is 9.57. The van der Waals surface area contributed by atoms with Gasteiger partial charge in [-0.05, 0) is 46.5 Å². The molecule has 4 heteroatoms. The lowest BCUT2D eigenvalue weighted by Gasteiger charge is -2.48. The lowest BCUT2D eigenvalue weighted by Crippen LogP contribution is -2.63. The van der Waals surface area contributed by atoms with Crippen molar-refractivity contribution in [3.8, 4) is 0 Å². The van der Waals surface area contributed by atoms with E-state index in [1.54, 1.807) is 0 Å². The SMILES string of the molecule is CC1CN(C(C)(C(=O)O)C2CC2)CC(C)(C)O1. The molecular formula is C13H23NO3. The van der Waals surface area contributed by atoms with Gasteiger partial charge in [-0.3, -0.25) is 9.69 Å². The maximum Gasteiger partial charge on any atom is 0.324 e. The molecule has 2 rings (SSSR count). The van der Waals surface area contributed by atoms with Gasteiger partial charge >= 0.3 is 5.97 Å². The molecule has 0 amide bonds. The van der Waals surface area contributed by atoms with E-state index in [0.717, 1.165) is 12.8 Å². The van der Waals surface area contributed by atoms with Crippen molar-refractivity contribution in [2.45, 2.75) is 57.8 Å². The Bertz CT molecular complexity index is 325. The van der Waals surface area contributed by atoms with Crippen LogP contribution >= 0.6 is 0 Å². The molecule has 2 unspecified atom stereocenters. The lowest BCUT2D eigenvalue weighted by molar-refractivity contribution is -0.176. The molecule has 0 spiro atoms. The van der Waals surface area contributed by atoms with Gasteiger partial charge in [-0.2, -0.15) is 0 Å². The van der Waals surface area contributed by atoms with E-state index < -0.39 is 11.5 Å². The maximum atomic E-state index is 11.6. The summed E-state index contributed by atoms with van der Waals surface area (Å²) >= 11 is 0. The van der Waals surface area contributed by atoms with Crippen LogP contribution in [0, 0.1) is 5.92 Å². The number of carboxylic acid groups (broad SMARTS) is 1. The quantitative estimate of drug-likeness (QED) is 0.817. The number of carbonyl (C=O) groups is 1. The highest BCUT2D eigenvalue weighted by Crippen LogP contribution is 2.44. The topological polar surface area (TPSA) is 49.8 Å². The number of ether oxygens (including phenoxy) is 1. The van der Waals surface area contributed by atoms with Crippen LogP contribution in [0.15, 0.2) is 0 Å². The number of aliphatic carboxylic acids is 1. The Balaban J connectivity index is 2.22. The van der Waals surface area contributed by atoms with E-state index in [4.69, 9.17) is 4.74 Å². The normalized spacial score (nSPS) is 33.1. The molecule has 1 N–H and O–H groups in total. The first kappa shape index (κ1) is 12.8. The number of nitrogens with zero attached hydrogens (tertiary/aromatic N) is 1. The van der Waals surface area contributed by atoms with Crippen LogP contribution < -0.4 is 0 Å². The van der Waals surface area contributed by atoms with Crippen molar-refractivity contribution in [2.75, 3.05) is 13.1 Å². The lowest BCUT2D eigenvalue weighted by atomic mass is 9.90. The Kier molecular flexibility index (Phi) is 2.99. The smallest absolute Gasteiger partial charge is 0.324 e. The van der Waals surface area contributed by atoms with E-state index in [9.17, 15) is 9.90 Å². The summed E-state index contributed by atoms with van der Waals surface area (Å²) in [6.07, 6.45) is 2.17. The summed E-state index contributed by atoms with van der Waals surface area (Å²) in [7, 11) is 0. The molecule has 0 radical (unpaired) electrons. The molecule has 4 nitrogen and oxygen atoms in total. The molecule has 0 aromatic carbocycles. The van der Waals surface area contributed by atoms with Gasteiger partial charge in [0, 0.05) is 13.1 Å². The fraction of sp³-hybridized carbons (Fsp3) is 0.923. The molecule has 1 saturated carbocycles. The van der Waals surface area contributed by atoms with Crippen molar-refractivity contribution in [3.63, 3.8) is 0 Å². The van der Waals surface area contributed by atoms with Crippen molar-refractivity contribution in [2.24, 2.45) is 5.92 Å². The monoisotopic (exact) mass is 241 g/mol. The summed E-state index contributed by atoms with van der Waals surface area (Å²) in [4.78, 5) is 13.7. The second-order valence-corrected chi connectivity index (χ2v) is 6.30. The summed E-state index contributed by atoms with van der Waals surface area (Å²) < 4.78 is 5.84. The van der Waals surface area contributed by atoms with Gasteiger partial charge in [0.25, 0.3) is 0 Å². The fourth-order valence-corrected chi connectivity index (χ4v) is 3.02. The first-order chi connectivity index (χ1) is 7.75. The summed E-state index contributed by atoms with van der Waals surface area (Å²) in [6, 6.07) is 0. The molecule has 1 saturated heterocycles. The number of hydrogen-bond acceptors (Lipinski definition) is 3. The minimum Gasteiger partial charge on any atom is -0.480 e. The van der Waals surface area contributed by atoms with E-state index in [1.165, 1.54) is 0 Å². The molecule has 1 aliphatic carbocycles. The van der Waals surface area contributed by atoms with E-state index in [-0.39, 0.29) is 11.7 Å². The van der Waals surface area contributed by atoms with E-state index in [0.29, 0.717) is 19.0 Å². The summed E-state index contributed by atoms with van der Waals surface area (Å²) in [6.45, 7) is 9.36. The predicted octanol–water partition coefficient (Wildman–Crippen LogP) is 1.74. The van der Waals surface area contributed by atoms with Crippen molar-refractivity contribution in [1.82, 2.24) is 4.90 Å². The van der Waals surface area contributed by atoms with Gasteiger partial charge in [-0.1, -0.05) is 0 Å². The summed E-state index contributed by atoms with van der Waals surface area (Å²) in [5.74, 6) is -0.383. The van der Waals surface area contributed by atoms with Gasteiger partial charge in [0.15, 0.2) is 0 Å². The molecule has 0 bridgehead atoms. The Morgan fingerprint density at radius 1 is 1.47 bits per heavy atom. The largest absolute Gasteiger partial charge is 0.480 e. The van der Waals surface area contributed by atoms with Crippen LogP contribution in [0.1, 0.15) is 40.5 Å². The first-order valence-corrected chi connectivity index (χ1v) is 6.42. The first-order valence-electron chi connectivity index (χ1n) is 6.42. The Morgan fingerprint density at radius 3 is 2.47 bits per heavy atom. The number of rotatable bonds is 3. The van der Waals surface area contributed by atoms with E-state index in [2.05, 4.69) is 4.90 Å². The molecule has 17 heavy (non-hydrogen) atoms. The second-order valence-electron chi connectivity index (χ2n) is 6.30. The zero-order valence-electron chi connectivity index (χ0n) is 11.2. The van der Waals surface area contributed by atoms with Gasteiger partial charge < -0.3 is 9.84 Å². The number of morpholine rings is 1. The minimum absolute atomic E-state index is 0.0937. The van der Waals surface area contributed by atoms with Crippen molar-refractivity contribution < 1.29 is 14.6 Å². The van der Waals surface area contributed by atoms with Gasteiger partial charge in [-0.25, -0.2) is 0 Å². The average Bonchev–Trinajstić information content (AvgIpc) is 2.95. The Hall–Kier alpha value is -0.610. The molecule has 2 aliphatic rings. The second kappa shape index (κ2) is 3.95. The van der Waals surface area contributed by atoms with Crippen LogP contribution in [0.3, 0.4) is 0 Å². The highest BCUT2D eigenvalue weighted by Gasteiger charge is 2.53. The zero-order chi connectivity index (χ0) is 12.8. The van der Waals surface area contributed by atoms with Crippen LogP contribution in [0.25, 0.3) is 0 Å². The van der Waals surface area contributed by atoms with Gasteiger partial charge in [0.05, 0.1) is 11.7 Å². The third-order valence-corrected chi connectivity index (χ3v) is 4.03. The molecular weight excluding hydrogens is 218 g/mol. The average molecular weight is 241 g/mol. The fourth-order valence-electron chi connectivity index (χ4n) is 3.02. The highest BCUT2D eigenvalue weighted by molar-refractivity contribution is 5.79. The van der Waals surface area contributed by atoms with Crippen molar-refractivity contribution in [1.29, 1.82) is 0 Å². The van der Waals surface area contributed by atoms with E-state index >= 15 is 0 Å². The molecule has 0 aromatic heterocycles. The van der Waals surface area contributed by atoms with Gasteiger partial charge in [0.2, 0.25) is 0 Å². The molecule has 2 fully saturated rings. The molecule has 2 atom stereocenters. The van der Waals surface area contributed by atoms with Crippen LogP contribution in [0.4, 0.5) is 0 Å². The standard InChI is InChI=1S/C13H23NO3/c1-9-7-14(8-12(2,3)17-9)13(4,11(15)16)10-5-6-10/h9-10H,5-8H2,1-4H3,(H,15,16). The van der Waals surface area contributed by atoms with Crippen LogP contribution in [0.5, 0.6) is 0 Å². The highest BCUT2D eigenvalue weighted by atomic mass is 16.5. The third-order valence-electron chi connectivity index (χ3n) is 4.03. The Labute approximate surface area is 103 Å². The molecule has 0 aromatic rings. The van der Waals surface area contributed by atoms with Gasteiger partial charge in [-0.15, -0.1) is 0 Å². The maximum absolute atomic E-state index is 11.6. The van der Waals surface area contributed by atoms with E-state index in [1.807, 2.05) is 27.7 Å². The molecule has 98 valence electrons. The molecule has 1 aliphatic heterocycles. The van der Waals surface area contributed by atoms with Crippen LogP contribution in [-0.2, 0) is 9.53 Å². The number of hydrogen-bond donors (Lipinski definition) is 1. The Morgan fingerprint density at radius 2 is 2.06 bits per heavy atom. The number of carboxylic acids is 1. The van der Waals surface area contributed by atoms with Gasteiger partial charge in [0.1, 0.15) is 5.54 Å². The predicted molar refractivity (Wildman–Crippen MR) is 65.0 cm³/mol. The zero-order valence-corrected chi connectivity index (χ0v) is 11.2. The van der Waals surface area contributed by atoms with Crippen LogP contribution in [0.2, 0.25) is 0 Å².